The SMILES string of the molecule is COc1ccc2cc([C@H](C)C(=O)O[C@@H](C)C(=O)Nc3ccc4c(c3)OCO4)ccc2c1. The summed E-state index contributed by atoms with van der Waals surface area (Å²) in [5.41, 5.74) is 1.35. The molecule has 3 aromatic carbocycles. The van der Waals surface area contributed by atoms with Crippen molar-refractivity contribution in [2.24, 2.45) is 0 Å². The van der Waals surface area contributed by atoms with Gasteiger partial charge in [0.05, 0.1) is 13.0 Å². The van der Waals surface area contributed by atoms with E-state index in [0.29, 0.717) is 17.2 Å². The van der Waals surface area contributed by atoms with E-state index in [1.807, 2.05) is 36.4 Å². The normalized spacial score (nSPS) is 14.0. The van der Waals surface area contributed by atoms with Crippen molar-refractivity contribution in [2.45, 2.75) is 25.9 Å². The van der Waals surface area contributed by atoms with Crippen LogP contribution in [0.5, 0.6) is 17.2 Å². The van der Waals surface area contributed by atoms with Crippen LogP contribution in [0.3, 0.4) is 0 Å². The first-order chi connectivity index (χ1) is 14.9. The summed E-state index contributed by atoms with van der Waals surface area (Å²) in [6.07, 6.45) is -0.954. The quantitative estimate of drug-likeness (QED) is 0.599. The number of fused-ring (bicyclic) bond motifs is 2. The van der Waals surface area contributed by atoms with E-state index < -0.39 is 23.9 Å². The van der Waals surface area contributed by atoms with Crippen LogP contribution in [-0.4, -0.2) is 31.9 Å². The number of ether oxygens (including phenoxy) is 4. The van der Waals surface area contributed by atoms with Crippen LogP contribution in [-0.2, 0) is 14.3 Å². The highest BCUT2D eigenvalue weighted by atomic mass is 16.7. The number of methoxy groups -OCH3 is 1. The van der Waals surface area contributed by atoms with E-state index in [1.54, 1.807) is 39.2 Å². The summed E-state index contributed by atoms with van der Waals surface area (Å²) in [4.78, 5) is 25.1. The molecule has 1 N–H and O–H groups in total. The van der Waals surface area contributed by atoms with Gasteiger partial charge < -0.3 is 24.3 Å². The lowest BCUT2D eigenvalue weighted by molar-refractivity contribution is -0.154. The van der Waals surface area contributed by atoms with Crippen molar-refractivity contribution >= 4 is 28.3 Å². The van der Waals surface area contributed by atoms with Crippen molar-refractivity contribution in [3.8, 4) is 17.2 Å². The number of hydrogen-bond donors (Lipinski definition) is 1. The summed E-state index contributed by atoms with van der Waals surface area (Å²) in [6, 6.07) is 16.6. The maximum Gasteiger partial charge on any atom is 0.313 e. The van der Waals surface area contributed by atoms with Crippen LogP contribution in [0.1, 0.15) is 25.3 Å². The first-order valence-corrected chi connectivity index (χ1v) is 9.93. The topological polar surface area (TPSA) is 83.1 Å². The lowest BCUT2D eigenvalue weighted by atomic mass is 9.98. The van der Waals surface area contributed by atoms with E-state index in [9.17, 15) is 9.59 Å². The van der Waals surface area contributed by atoms with E-state index in [2.05, 4.69) is 5.32 Å². The number of esters is 1. The summed E-state index contributed by atoms with van der Waals surface area (Å²) < 4.78 is 21.2. The molecule has 1 aliphatic rings. The van der Waals surface area contributed by atoms with Crippen molar-refractivity contribution in [1.29, 1.82) is 0 Å². The van der Waals surface area contributed by atoms with Gasteiger partial charge in [-0.15, -0.1) is 0 Å². The summed E-state index contributed by atoms with van der Waals surface area (Å²) in [5, 5.41) is 4.73. The molecule has 0 spiro atoms. The Labute approximate surface area is 179 Å². The Morgan fingerprint density at radius 1 is 0.935 bits per heavy atom. The third-order valence-electron chi connectivity index (χ3n) is 5.23. The highest BCUT2D eigenvalue weighted by Crippen LogP contribution is 2.34. The number of carbonyl (C=O) groups is 2. The minimum atomic E-state index is -0.954. The Hall–Kier alpha value is -3.74. The zero-order chi connectivity index (χ0) is 22.0. The van der Waals surface area contributed by atoms with Gasteiger partial charge in [-0.25, -0.2) is 0 Å². The van der Waals surface area contributed by atoms with Crippen LogP contribution < -0.4 is 19.5 Å². The van der Waals surface area contributed by atoms with Crippen molar-refractivity contribution in [1.82, 2.24) is 0 Å². The fourth-order valence-electron chi connectivity index (χ4n) is 3.32. The summed E-state index contributed by atoms with van der Waals surface area (Å²) >= 11 is 0. The molecule has 0 fully saturated rings. The summed E-state index contributed by atoms with van der Waals surface area (Å²) in [5.74, 6) is 0.540. The minimum Gasteiger partial charge on any atom is -0.497 e. The molecule has 0 aliphatic carbocycles. The summed E-state index contributed by atoms with van der Waals surface area (Å²) in [7, 11) is 1.62. The lowest BCUT2D eigenvalue weighted by Crippen LogP contribution is -2.31. The minimum absolute atomic E-state index is 0.154. The number of hydrogen-bond acceptors (Lipinski definition) is 6. The third kappa shape index (κ3) is 4.40. The molecule has 0 saturated carbocycles. The second-order valence-electron chi connectivity index (χ2n) is 7.33. The van der Waals surface area contributed by atoms with E-state index in [0.717, 1.165) is 22.1 Å². The molecule has 1 amide bonds. The lowest BCUT2D eigenvalue weighted by Gasteiger charge is -2.17. The number of benzene rings is 3. The van der Waals surface area contributed by atoms with Gasteiger partial charge in [0.25, 0.3) is 5.91 Å². The van der Waals surface area contributed by atoms with Gasteiger partial charge in [0.15, 0.2) is 17.6 Å². The Morgan fingerprint density at radius 2 is 1.68 bits per heavy atom. The fraction of sp³-hybridized carbons (Fsp3) is 0.250. The molecule has 3 aromatic rings. The van der Waals surface area contributed by atoms with Gasteiger partial charge >= 0.3 is 5.97 Å². The number of rotatable bonds is 6. The molecule has 0 saturated heterocycles. The Balaban J connectivity index is 1.39. The highest BCUT2D eigenvalue weighted by Gasteiger charge is 2.24. The smallest absolute Gasteiger partial charge is 0.313 e. The zero-order valence-corrected chi connectivity index (χ0v) is 17.5. The molecular formula is C24H23NO6. The van der Waals surface area contributed by atoms with Crippen LogP contribution >= 0.6 is 0 Å². The van der Waals surface area contributed by atoms with Gasteiger partial charge in [0, 0.05) is 11.8 Å². The van der Waals surface area contributed by atoms with E-state index >= 15 is 0 Å². The van der Waals surface area contributed by atoms with Crippen LogP contribution in [0.25, 0.3) is 10.8 Å². The average molecular weight is 421 g/mol. The number of carbonyl (C=O) groups excluding carboxylic acids is 2. The number of amides is 1. The van der Waals surface area contributed by atoms with Crippen molar-refractivity contribution in [3.63, 3.8) is 0 Å². The van der Waals surface area contributed by atoms with Gasteiger partial charge in [-0.3, -0.25) is 9.59 Å². The summed E-state index contributed by atoms with van der Waals surface area (Å²) in [6.45, 7) is 3.45. The Kier molecular flexibility index (Phi) is 5.66. The molecule has 1 heterocycles. The Morgan fingerprint density at radius 3 is 2.48 bits per heavy atom. The molecule has 4 rings (SSSR count). The molecule has 0 radical (unpaired) electrons. The first kappa shape index (κ1) is 20.5. The maximum atomic E-state index is 12.6. The van der Waals surface area contributed by atoms with E-state index in [-0.39, 0.29) is 6.79 Å². The second kappa shape index (κ2) is 8.55. The van der Waals surface area contributed by atoms with Crippen molar-refractivity contribution < 1.29 is 28.5 Å². The first-order valence-electron chi connectivity index (χ1n) is 9.93. The van der Waals surface area contributed by atoms with Crippen LogP contribution in [0.4, 0.5) is 5.69 Å². The molecule has 7 heteroatoms. The van der Waals surface area contributed by atoms with Gasteiger partial charge in [-0.1, -0.05) is 24.3 Å². The average Bonchev–Trinajstić information content (AvgIpc) is 3.25. The molecule has 0 aromatic heterocycles. The van der Waals surface area contributed by atoms with Gasteiger partial charge in [0.2, 0.25) is 6.79 Å². The van der Waals surface area contributed by atoms with E-state index in [4.69, 9.17) is 18.9 Å². The van der Waals surface area contributed by atoms with Gasteiger partial charge in [-0.05, 0) is 54.4 Å². The van der Waals surface area contributed by atoms with Gasteiger partial charge in [-0.2, -0.15) is 0 Å². The van der Waals surface area contributed by atoms with Crippen LogP contribution in [0.2, 0.25) is 0 Å². The zero-order valence-electron chi connectivity index (χ0n) is 17.5. The predicted molar refractivity (Wildman–Crippen MR) is 116 cm³/mol. The fourth-order valence-corrected chi connectivity index (χ4v) is 3.32. The van der Waals surface area contributed by atoms with Gasteiger partial charge in [0.1, 0.15) is 5.75 Å². The molecule has 31 heavy (non-hydrogen) atoms. The molecule has 160 valence electrons. The third-order valence-corrected chi connectivity index (χ3v) is 5.23. The van der Waals surface area contributed by atoms with Crippen molar-refractivity contribution in [2.75, 3.05) is 19.2 Å². The monoisotopic (exact) mass is 421 g/mol. The maximum absolute atomic E-state index is 12.6. The molecule has 2 atom stereocenters. The Bertz CT molecular complexity index is 1140. The van der Waals surface area contributed by atoms with Crippen molar-refractivity contribution in [3.05, 3.63) is 60.2 Å². The largest absolute Gasteiger partial charge is 0.497 e. The second-order valence-corrected chi connectivity index (χ2v) is 7.33. The molecule has 0 unspecified atom stereocenters. The standard InChI is InChI=1S/C24H23NO6/c1-14(16-4-5-18-11-20(28-3)8-6-17(18)10-16)24(27)31-15(2)23(26)25-19-7-9-21-22(12-19)30-13-29-21/h4-12,14-15H,13H2,1-3H3,(H,25,26)/t14-,15-/m0/s1. The predicted octanol–water partition coefficient (Wildman–Crippen LogP) is 4.25. The number of nitrogens with one attached hydrogen (secondary N) is 1. The molecule has 0 bridgehead atoms. The van der Waals surface area contributed by atoms with Crippen LogP contribution in [0, 0.1) is 0 Å². The molecular weight excluding hydrogens is 398 g/mol. The van der Waals surface area contributed by atoms with E-state index in [1.165, 1.54) is 0 Å². The molecule has 7 nitrogen and oxygen atoms in total. The highest BCUT2D eigenvalue weighted by molar-refractivity contribution is 5.96. The van der Waals surface area contributed by atoms with Crippen LogP contribution in [0.15, 0.2) is 54.6 Å². The molecule has 1 aliphatic heterocycles. The number of anilines is 1.